The van der Waals surface area contributed by atoms with E-state index in [0.29, 0.717) is 0 Å². The zero-order valence-electron chi connectivity index (χ0n) is 10.4. The zero-order valence-corrected chi connectivity index (χ0v) is 11.2. The minimum atomic E-state index is -0.125. The monoisotopic (exact) mass is 271 g/mol. The summed E-state index contributed by atoms with van der Waals surface area (Å²) in [6.45, 7) is 1.82. The number of aliphatic hydroxyl groups is 1. The van der Waals surface area contributed by atoms with Crippen molar-refractivity contribution in [2.45, 2.75) is 6.92 Å². The molecule has 2 rings (SSSR count). The van der Waals surface area contributed by atoms with E-state index >= 15 is 0 Å². The Morgan fingerprint density at radius 3 is 2.84 bits per heavy atom. The number of hydrazone groups is 1. The lowest BCUT2D eigenvalue weighted by Crippen LogP contribution is -1.90. The molecule has 1 heterocycles. The second-order valence-electron chi connectivity index (χ2n) is 3.75. The molecule has 0 atom stereocenters. The van der Waals surface area contributed by atoms with Crippen molar-refractivity contribution in [3.63, 3.8) is 0 Å². The van der Waals surface area contributed by atoms with Crippen LogP contribution < -0.4 is 5.43 Å². The molecular formula is C14H13N3OS. The Morgan fingerprint density at radius 1 is 1.42 bits per heavy atom. The van der Waals surface area contributed by atoms with Gasteiger partial charge < -0.3 is 5.11 Å². The third-order valence-corrected chi connectivity index (χ3v) is 3.08. The molecule has 0 unspecified atom stereocenters. The molecule has 0 spiro atoms. The molecule has 0 amide bonds. The third-order valence-electron chi connectivity index (χ3n) is 2.22. The minimum absolute atomic E-state index is 0.125. The highest BCUT2D eigenvalue weighted by molar-refractivity contribution is 7.13. The Bertz CT molecular complexity index is 620. The summed E-state index contributed by atoms with van der Waals surface area (Å²) in [6.07, 6.45) is 1.72. The van der Waals surface area contributed by atoms with Gasteiger partial charge in [-0.2, -0.15) is 5.10 Å². The average molecular weight is 271 g/mol. The molecule has 1 aromatic carbocycles. The van der Waals surface area contributed by atoms with E-state index in [0.717, 1.165) is 22.0 Å². The Balaban J connectivity index is 1.95. The van der Waals surface area contributed by atoms with Crippen molar-refractivity contribution < 1.29 is 5.11 Å². The van der Waals surface area contributed by atoms with Gasteiger partial charge in [0.2, 0.25) is 5.13 Å². The second kappa shape index (κ2) is 6.69. The first kappa shape index (κ1) is 13.3. The molecule has 19 heavy (non-hydrogen) atoms. The van der Waals surface area contributed by atoms with Crippen molar-refractivity contribution in [1.82, 2.24) is 4.98 Å². The average Bonchev–Trinajstić information content (AvgIpc) is 2.84. The minimum Gasteiger partial charge on any atom is -0.384 e. The molecule has 0 aliphatic rings. The van der Waals surface area contributed by atoms with E-state index in [9.17, 15) is 0 Å². The van der Waals surface area contributed by atoms with Crippen molar-refractivity contribution in [3.05, 3.63) is 46.5 Å². The van der Waals surface area contributed by atoms with E-state index in [1.807, 2.05) is 36.6 Å². The number of aliphatic hydroxyl groups excluding tert-OH is 1. The molecule has 0 saturated carbocycles. The lowest BCUT2D eigenvalue weighted by Gasteiger charge is -1.95. The number of rotatable bonds is 3. The van der Waals surface area contributed by atoms with Crippen LogP contribution in [0.5, 0.6) is 0 Å². The third kappa shape index (κ3) is 4.21. The largest absolute Gasteiger partial charge is 0.384 e. The molecule has 0 saturated heterocycles. The molecule has 0 bridgehead atoms. The first-order valence-corrected chi connectivity index (χ1v) is 6.57. The molecule has 0 radical (unpaired) electrons. The van der Waals surface area contributed by atoms with Crippen LogP contribution in [0.3, 0.4) is 0 Å². The van der Waals surface area contributed by atoms with Crippen molar-refractivity contribution in [2.24, 2.45) is 5.10 Å². The predicted molar refractivity (Wildman–Crippen MR) is 78.5 cm³/mol. The topological polar surface area (TPSA) is 57.5 Å². The summed E-state index contributed by atoms with van der Waals surface area (Å²) in [6, 6.07) is 7.61. The van der Waals surface area contributed by atoms with Crippen LogP contribution in [-0.4, -0.2) is 22.9 Å². The van der Waals surface area contributed by atoms with Gasteiger partial charge in [-0.25, -0.2) is 4.98 Å². The van der Waals surface area contributed by atoms with Crippen molar-refractivity contribution >= 4 is 22.7 Å². The molecular weight excluding hydrogens is 258 g/mol. The summed E-state index contributed by atoms with van der Waals surface area (Å²) in [7, 11) is 0. The molecule has 0 fully saturated rings. The molecule has 1 aromatic heterocycles. The van der Waals surface area contributed by atoms with E-state index in [2.05, 4.69) is 27.4 Å². The van der Waals surface area contributed by atoms with Crippen LogP contribution in [0.4, 0.5) is 5.13 Å². The number of thiazole rings is 1. The van der Waals surface area contributed by atoms with E-state index in [4.69, 9.17) is 5.11 Å². The van der Waals surface area contributed by atoms with Crippen molar-refractivity contribution in [1.29, 1.82) is 0 Å². The molecule has 5 heteroatoms. The van der Waals surface area contributed by atoms with Crippen LogP contribution in [0.25, 0.3) is 0 Å². The summed E-state index contributed by atoms with van der Waals surface area (Å²) < 4.78 is 0. The maximum absolute atomic E-state index is 8.60. The Kier molecular flexibility index (Phi) is 4.67. The smallest absolute Gasteiger partial charge is 0.203 e. The molecule has 0 aliphatic heterocycles. The summed E-state index contributed by atoms with van der Waals surface area (Å²) in [5.74, 6) is 5.44. The fourth-order valence-corrected chi connectivity index (χ4v) is 2.00. The number of nitrogens with zero attached hydrogens (tertiary/aromatic N) is 2. The number of hydrogen-bond acceptors (Lipinski definition) is 5. The maximum atomic E-state index is 8.60. The number of hydrogen-bond donors (Lipinski definition) is 2. The summed E-state index contributed by atoms with van der Waals surface area (Å²) in [4.78, 5) is 4.24. The quantitative estimate of drug-likeness (QED) is 0.511. The van der Waals surface area contributed by atoms with Gasteiger partial charge in [0.25, 0.3) is 0 Å². The number of aromatic nitrogens is 1. The Hall–Kier alpha value is -2.16. The number of nitrogens with one attached hydrogen (secondary N) is 1. The maximum Gasteiger partial charge on any atom is 0.203 e. The number of anilines is 1. The van der Waals surface area contributed by atoms with Crippen LogP contribution in [0.1, 0.15) is 16.8 Å². The predicted octanol–water partition coefficient (Wildman–Crippen LogP) is 2.24. The van der Waals surface area contributed by atoms with Gasteiger partial charge in [-0.1, -0.05) is 24.0 Å². The lowest BCUT2D eigenvalue weighted by atomic mass is 10.1. The molecule has 4 nitrogen and oxygen atoms in total. The first-order valence-electron chi connectivity index (χ1n) is 5.69. The van der Waals surface area contributed by atoms with Crippen LogP contribution in [-0.2, 0) is 0 Å². The highest BCUT2D eigenvalue weighted by Crippen LogP contribution is 2.13. The van der Waals surface area contributed by atoms with Crippen LogP contribution >= 0.6 is 11.3 Å². The van der Waals surface area contributed by atoms with Gasteiger partial charge in [0.15, 0.2) is 0 Å². The molecule has 96 valence electrons. The summed E-state index contributed by atoms with van der Waals surface area (Å²) in [5.41, 5.74) is 5.70. The number of benzene rings is 1. The highest BCUT2D eigenvalue weighted by atomic mass is 32.1. The van der Waals surface area contributed by atoms with Crippen LogP contribution in [0, 0.1) is 18.8 Å². The van der Waals surface area contributed by atoms with Gasteiger partial charge >= 0.3 is 0 Å². The normalized spacial score (nSPS) is 10.2. The van der Waals surface area contributed by atoms with Gasteiger partial charge in [-0.15, -0.1) is 11.3 Å². The first-order chi connectivity index (χ1) is 9.28. The van der Waals surface area contributed by atoms with E-state index < -0.39 is 0 Å². The molecule has 0 aliphatic carbocycles. The summed E-state index contributed by atoms with van der Waals surface area (Å²) >= 11 is 1.52. The highest BCUT2D eigenvalue weighted by Gasteiger charge is 1.94. The van der Waals surface area contributed by atoms with E-state index in [1.54, 1.807) is 6.21 Å². The van der Waals surface area contributed by atoms with Gasteiger partial charge in [-0.05, 0) is 24.6 Å². The number of aryl methyl sites for hydroxylation is 1. The lowest BCUT2D eigenvalue weighted by molar-refractivity contribution is 0.350. The Labute approximate surface area is 115 Å². The fraction of sp³-hybridized carbons (Fsp3) is 0.143. The standard InChI is InChI=1S/C14H13N3OS/c1-11-10-19-14(16-11)17-15-9-13-6-4-12(5-7-13)3-2-8-18/h4-7,9-10,18H,8H2,1H3,(H,16,17). The van der Waals surface area contributed by atoms with Gasteiger partial charge in [0, 0.05) is 10.9 Å². The van der Waals surface area contributed by atoms with Gasteiger partial charge in [0.1, 0.15) is 6.61 Å². The van der Waals surface area contributed by atoms with Gasteiger partial charge in [-0.3, -0.25) is 5.43 Å². The summed E-state index contributed by atoms with van der Waals surface area (Å²) in [5, 5.41) is 15.5. The van der Waals surface area contributed by atoms with Crippen molar-refractivity contribution in [2.75, 3.05) is 12.0 Å². The molecule has 2 aromatic rings. The molecule has 2 N–H and O–H groups in total. The van der Waals surface area contributed by atoms with E-state index in [1.165, 1.54) is 11.3 Å². The van der Waals surface area contributed by atoms with Gasteiger partial charge in [0.05, 0.1) is 11.9 Å². The second-order valence-corrected chi connectivity index (χ2v) is 4.60. The SMILES string of the molecule is Cc1csc(NN=Cc2ccc(C#CCO)cc2)n1. The fourth-order valence-electron chi connectivity index (χ4n) is 1.36. The van der Waals surface area contributed by atoms with Crippen LogP contribution in [0.15, 0.2) is 34.7 Å². The Morgan fingerprint density at radius 2 is 2.21 bits per heavy atom. The zero-order chi connectivity index (χ0) is 13.5. The van der Waals surface area contributed by atoms with Crippen molar-refractivity contribution in [3.8, 4) is 11.8 Å². The van der Waals surface area contributed by atoms with E-state index in [-0.39, 0.29) is 6.61 Å². The van der Waals surface area contributed by atoms with Crippen LogP contribution in [0.2, 0.25) is 0 Å².